The lowest BCUT2D eigenvalue weighted by molar-refractivity contribution is 0.0386. The molecule has 1 aromatic heterocycles. The molecular weight excluding hydrogens is 541 g/mol. The molecule has 9 heteroatoms. The first-order valence-corrected chi connectivity index (χ1v) is 9.39. The third-order valence-corrected chi connectivity index (χ3v) is 4.50. The van der Waals surface area contributed by atoms with Gasteiger partial charge >= 0.3 is 0 Å². The number of ether oxygens (including phenoxy) is 2. The second-order valence-electron chi connectivity index (χ2n) is 6.11. The number of guanidine groups is 1. The third-order valence-electron chi connectivity index (χ3n) is 3.91. The van der Waals surface area contributed by atoms with Crippen molar-refractivity contribution in [3.63, 3.8) is 0 Å². The van der Waals surface area contributed by atoms with E-state index in [1.165, 1.54) is 6.26 Å². The number of nitrogens with one attached hydrogen (secondary N) is 2. The topological polar surface area (TPSA) is 88.3 Å². The van der Waals surface area contributed by atoms with Crippen LogP contribution in [-0.2, 0) is 12.1 Å². The van der Waals surface area contributed by atoms with Crippen LogP contribution >= 0.6 is 39.9 Å². The molecule has 0 bridgehead atoms. The number of nitrogens with zero attached hydrogens (tertiary/aromatic N) is 1. The summed E-state index contributed by atoms with van der Waals surface area (Å²) in [6, 6.07) is 7.31. The normalized spacial score (nSPS) is 13.3. The van der Waals surface area contributed by atoms with Crippen molar-refractivity contribution in [1.29, 1.82) is 0 Å². The molecule has 0 amide bonds. The molecule has 0 saturated carbocycles. The molecule has 7 nitrogen and oxygen atoms in total. The standard InChI is InChI=1S/C19H26BrN3O4.HI/c1-5-21-18(23-12-19(2,24)16-7-6-8-27-16)22-11-13-9-14(20)17(26-4)15(10-13)25-3;/h6-10,24H,5,11-12H2,1-4H3,(H2,21,22,23);1H. The number of hydrogen-bond acceptors (Lipinski definition) is 5. The van der Waals surface area contributed by atoms with Gasteiger partial charge in [-0.2, -0.15) is 0 Å². The number of rotatable bonds is 8. The van der Waals surface area contributed by atoms with Crippen LogP contribution in [0.1, 0.15) is 25.2 Å². The van der Waals surface area contributed by atoms with Crippen LogP contribution in [0.15, 0.2) is 44.4 Å². The highest BCUT2D eigenvalue weighted by molar-refractivity contribution is 14.0. The van der Waals surface area contributed by atoms with Gasteiger partial charge in [-0.25, -0.2) is 4.99 Å². The molecule has 1 aromatic carbocycles. The lowest BCUT2D eigenvalue weighted by Crippen LogP contribution is -2.44. The largest absolute Gasteiger partial charge is 0.493 e. The van der Waals surface area contributed by atoms with E-state index in [1.807, 2.05) is 19.1 Å². The van der Waals surface area contributed by atoms with E-state index in [-0.39, 0.29) is 30.5 Å². The van der Waals surface area contributed by atoms with Gasteiger partial charge in [-0.05, 0) is 59.6 Å². The van der Waals surface area contributed by atoms with Gasteiger partial charge in [-0.15, -0.1) is 24.0 Å². The molecular formula is C19H27BrIN3O4. The van der Waals surface area contributed by atoms with Crippen LogP contribution in [0.3, 0.4) is 0 Å². The molecule has 156 valence electrons. The molecule has 0 fully saturated rings. The Morgan fingerprint density at radius 3 is 2.61 bits per heavy atom. The molecule has 2 rings (SSSR count). The molecule has 0 aliphatic rings. The summed E-state index contributed by atoms with van der Waals surface area (Å²) < 4.78 is 16.8. The maximum absolute atomic E-state index is 10.6. The molecule has 28 heavy (non-hydrogen) atoms. The summed E-state index contributed by atoms with van der Waals surface area (Å²) in [5.74, 6) is 2.37. The molecule has 2 aromatic rings. The lowest BCUT2D eigenvalue weighted by atomic mass is 10.0. The summed E-state index contributed by atoms with van der Waals surface area (Å²) in [4.78, 5) is 4.58. The minimum atomic E-state index is -1.15. The van der Waals surface area contributed by atoms with Gasteiger partial charge in [-0.3, -0.25) is 0 Å². The molecule has 1 heterocycles. The smallest absolute Gasteiger partial charge is 0.191 e. The molecule has 1 unspecified atom stereocenters. The predicted molar refractivity (Wildman–Crippen MR) is 124 cm³/mol. The highest BCUT2D eigenvalue weighted by atomic mass is 127. The molecule has 0 radical (unpaired) electrons. The third kappa shape index (κ3) is 6.56. The highest BCUT2D eigenvalue weighted by Crippen LogP contribution is 2.36. The fraction of sp³-hybridized carbons (Fsp3) is 0.421. The Morgan fingerprint density at radius 2 is 2.04 bits per heavy atom. The quantitative estimate of drug-likeness (QED) is 0.256. The van der Waals surface area contributed by atoms with Gasteiger partial charge in [0.2, 0.25) is 0 Å². The summed E-state index contributed by atoms with van der Waals surface area (Å²) in [6.45, 7) is 5.05. The maximum Gasteiger partial charge on any atom is 0.191 e. The fourth-order valence-electron chi connectivity index (χ4n) is 2.50. The number of hydrogen-bond donors (Lipinski definition) is 3. The average Bonchev–Trinajstić information content (AvgIpc) is 3.19. The monoisotopic (exact) mass is 567 g/mol. The van der Waals surface area contributed by atoms with E-state index in [2.05, 4.69) is 31.6 Å². The fourth-order valence-corrected chi connectivity index (χ4v) is 3.15. The van der Waals surface area contributed by atoms with Crippen molar-refractivity contribution < 1.29 is 19.0 Å². The van der Waals surface area contributed by atoms with Crippen molar-refractivity contribution in [2.24, 2.45) is 4.99 Å². The van der Waals surface area contributed by atoms with Gasteiger partial charge in [-0.1, -0.05) is 0 Å². The van der Waals surface area contributed by atoms with Crippen molar-refractivity contribution in [2.45, 2.75) is 26.0 Å². The Bertz CT molecular complexity index is 767. The van der Waals surface area contributed by atoms with Crippen molar-refractivity contribution in [3.05, 3.63) is 46.3 Å². The molecule has 0 aliphatic heterocycles. The summed E-state index contributed by atoms with van der Waals surface area (Å²) in [6.07, 6.45) is 1.54. The van der Waals surface area contributed by atoms with Crippen LogP contribution in [0.25, 0.3) is 0 Å². The molecule has 1 atom stereocenters. The van der Waals surface area contributed by atoms with E-state index in [4.69, 9.17) is 13.9 Å². The van der Waals surface area contributed by atoms with Gasteiger partial charge in [0.1, 0.15) is 11.4 Å². The number of halogens is 2. The lowest BCUT2D eigenvalue weighted by Gasteiger charge is -2.22. The van der Waals surface area contributed by atoms with Crippen LogP contribution in [0.4, 0.5) is 0 Å². The van der Waals surface area contributed by atoms with E-state index in [9.17, 15) is 5.11 Å². The van der Waals surface area contributed by atoms with Crippen LogP contribution in [-0.4, -0.2) is 38.4 Å². The minimum absolute atomic E-state index is 0. The molecule has 0 saturated heterocycles. The van der Waals surface area contributed by atoms with Crippen LogP contribution in [0, 0.1) is 0 Å². The zero-order chi connectivity index (χ0) is 19.9. The predicted octanol–water partition coefficient (Wildman–Crippen LogP) is 3.64. The van der Waals surface area contributed by atoms with Crippen molar-refractivity contribution in [3.8, 4) is 11.5 Å². The van der Waals surface area contributed by atoms with E-state index < -0.39 is 5.60 Å². The van der Waals surface area contributed by atoms with E-state index in [0.717, 1.165) is 10.0 Å². The Hall–Kier alpha value is -1.46. The summed E-state index contributed by atoms with van der Waals surface area (Å²) in [5, 5.41) is 16.9. The second kappa shape index (κ2) is 11.5. The van der Waals surface area contributed by atoms with Gasteiger partial charge in [0, 0.05) is 6.54 Å². The van der Waals surface area contributed by atoms with Gasteiger partial charge in [0.25, 0.3) is 0 Å². The molecule has 0 aliphatic carbocycles. The van der Waals surface area contributed by atoms with Gasteiger partial charge < -0.3 is 29.6 Å². The van der Waals surface area contributed by atoms with Gasteiger partial charge in [0.05, 0.1) is 38.0 Å². The molecule has 3 N–H and O–H groups in total. The van der Waals surface area contributed by atoms with Crippen LogP contribution in [0.2, 0.25) is 0 Å². The first kappa shape index (κ1) is 24.6. The average molecular weight is 568 g/mol. The van der Waals surface area contributed by atoms with E-state index in [1.54, 1.807) is 33.3 Å². The Labute approximate surface area is 191 Å². The first-order chi connectivity index (χ1) is 12.9. The van der Waals surface area contributed by atoms with Crippen molar-refractivity contribution in [2.75, 3.05) is 27.3 Å². The number of furan rings is 1. The zero-order valence-corrected chi connectivity index (χ0v) is 20.3. The number of benzene rings is 1. The molecule has 0 spiro atoms. The Balaban J connectivity index is 0.00000392. The number of methoxy groups -OCH3 is 2. The maximum atomic E-state index is 10.6. The SMILES string of the molecule is CCNC(=NCc1cc(Br)c(OC)c(OC)c1)NCC(C)(O)c1ccco1.I. The first-order valence-electron chi connectivity index (χ1n) is 8.60. The number of aliphatic hydroxyl groups is 1. The minimum Gasteiger partial charge on any atom is -0.493 e. The second-order valence-corrected chi connectivity index (χ2v) is 6.97. The van der Waals surface area contributed by atoms with Crippen molar-refractivity contribution in [1.82, 2.24) is 10.6 Å². The Morgan fingerprint density at radius 1 is 1.29 bits per heavy atom. The summed E-state index contributed by atoms with van der Waals surface area (Å²) >= 11 is 3.49. The zero-order valence-electron chi connectivity index (χ0n) is 16.4. The van der Waals surface area contributed by atoms with Gasteiger partial charge in [0.15, 0.2) is 17.5 Å². The van der Waals surface area contributed by atoms with E-state index in [0.29, 0.717) is 36.3 Å². The highest BCUT2D eigenvalue weighted by Gasteiger charge is 2.26. The number of aliphatic imine (C=N–C) groups is 1. The van der Waals surface area contributed by atoms with Crippen molar-refractivity contribution >= 4 is 45.9 Å². The van der Waals surface area contributed by atoms with E-state index >= 15 is 0 Å². The van der Waals surface area contributed by atoms with Crippen LogP contribution in [0.5, 0.6) is 11.5 Å². The summed E-state index contributed by atoms with van der Waals surface area (Å²) in [7, 11) is 3.19. The summed E-state index contributed by atoms with van der Waals surface area (Å²) in [5.41, 5.74) is -0.194. The Kier molecular flexibility index (Phi) is 10.1. The van der Waals surface area contributed by atoms with Crippen LogP contribution < -0.4 is 20.1 Å².